The summed E-state index contributed by atoms with van der Waals surface area (Å²) in [6.07, 6.45) is 1.59. The van der Waals surface area contributed by atoms with Gasteiger partial charge in [0.2, 0.25) is 0 Å². The predicted molar refractivity (Wildman–Crippen MR) is 98.2 cm³/mol. The maximum Gasteiger partial charge on any atom is 0.337 e. The first-order valence-corrected chi connectivity index (χ1v) is 8.14. The van der Waals surface area contributed by atoms with Crippen LogP contribution in [0.5, 0.6) is 0 Å². The Balaban J connectivity index is 2.19. The fraction of sp³-hybridized carbons (Fsp3) is 0.0526. The minimum absolute atomic E-state index is 0.0471. The van der Waals surface area contributed by atoms with E-state index in [9.17, 15) is 15.2 Å². The van der Waals surface area contributed by atoms with Gasteiger partial charge in [0.25, 0.3) is 0 Å². The summed E-state index contributed by atoms with van der Waals surface area (Å²) in [4.78, 5) is 11.8. The van der Waals surface area contributed by atoms with Crippen molar-refractivity contribution in [2.75, 3.05) is 6.54 Å². The first-order chi connectivity index (χ1) is 12.0. The molecule has 0 saturated heterocycles. The van der Waals surface area contributed by atoms with Crippen LogP contribution in [0.2, 0.25) is 10.0 Å². The minimum Gasteiger partial charge on any atom is -0.478 e. The zero-order chi connectivity index (χ0) is 18.0. The Hall–Kier alpha value is -2.74. The summed E-state index contributed by atoms with van der Waals surface area (Å²) < 4.78 is 0. The summed E-state index contributed by atoms with van der Waals surface area (Å²) in [5.74, 6) is -1.11. The second kappa shape index (κ2) is 7.02. The Morgan fingerprint density at radius 2 is 1.96 bits per heavy atom. The molecule has 0 fully saturated rings. The van der Waals surface area contributed by atoms with Gasteiger partial charge in [0.1, 0.15) is 0 Å². The van der Waals surface area contributed by atoms with Crippen molar-refractivity contribution < 1.29 is 9.90 Å². The highest BCUT2D eigenvalue weighted by atomic mass is 35.5. The highest BCUT2D eigenvalue weighted by molar-refractivity contribution is 6.33. The molecule has 0 amide bonds. The van der Waals surface area contributed by atoms with E-state index in [1.807, 2.05) is 6.07 Å². The van der Waals surface area contributed by atoms with E-state index in [4.69, 9.17) is 23.2 Å². The number of carbonyl (C=O) groups is 1. The highest BCUT2D eigenvalue weighted by Crippen LogP contribution is 2.33. The zero-order valence-corrected chi connectivity index (χ0v) is 14.4. The largest absolute Gasteiger partial charge is 0.478 e. The van der Waals surface area contributed by atoms with Crippen molar-refractivity contribution in [3.05, 3.63) is 80.8 Å². The Labute approximate surface area is 154 Å². The van der Waals surface area contributed by atoms with Crippen LogP contribution in [0.4, 0.5) is 0 Å². The third-order valence-corrected chi connectivity index (χ3v) is 4.40. The molecular weight excluding hydrogens is 359 g/mol. The number of nitriles is 1. The van der Waals surface area contributed by atoms with Gasteiger partial charge < -0.3 is 10.4 Å². The van der Waals surface area contributed by atoms with Crippen LogP contribution in [0, 0.1) is 11.3 Å². The summed E-state index contributed by atoms with van der Waals surface area (Å²) in [7, 11) is 0. The van der Waals surface area contributed by atoms with Gasteiger partial charge in [0.15, 0.2) is 0 Å². The maximum atomic E-state index is 11.8. The van der Waals surface area contributed by atoms with Crippen LogP contribution in [0.3, 0.4) is 0 Å². The van der Waals surface area contributed by atoms with Crippen molar-refractivity contribution in [2.24, 2.45) is 0 Å². The maximum absolute atomic E-state index is 11.8. The number of rotatable bonds is 3. The molecule has 1 heterocycles. The predicted octanol–water partition coefficient (Wildman–Crippen LogP) is 4.35. The van der Waals surface area contributed by atoms with Crippen LogP contribution in [0.1, 0.15) is 16.7 Å². The van der Waals surface area contributed by atoms with Crippen molar-refractivity contribution in [3.8, 4) is 6.07 Å². The first-order valence-electron chi connectivity index (χ1n) is 7.38. The molecule has 3 rings (SSSR count). The van der Waals surface area contributed by atoms with Crippen molar-refractivity contribution in [3.63, 3.8) is 0 Å². The molecular formula is C19H12Cl2N2O2. The summed E-state index contributed by atoms with van der Waals surface area (Å²) in [5, 5.41) is 23.0. The zero-order valence-electron chi connectivity index (χ0n) is 12.9. The normalized spacial score (nSPS) is 13.7. The Kier molecular flexibility index (Phi) is 4.80. The molecule has 0 spiro atoms. The van der Waals surface area contributed by atoms with E-state index >= 15 is 0 Å². The number of nitrogens with one attached hydrogen (secondary N) is 1. The molecule has 1 aliphatic rings. The smallest absolute Gasteiger partial charge is 0.337 e. The van der Waals surface area contributed by atoms with Crippen LogP contribution in [0.15, 0.2) is 54.1 Å². The van der Waals surface area contributed by atoms with Gasteiger partial charge in [0, 0.05) is 17.1 Å². The molecule has 124 valence electrons. The molecule has 0 unspecified atom stereocenters. The van der Waals surface area contributed by atoms with Crippen LogP contribution >= 0.6 is 23.2 Å². The van der Waals surface area contributed by atoms with E-state index < -0.39 is 5.97 Å². The summed E-state index contributed by atoms with van der Waals surface area (Å²) >= 11 is 12.2. The standard InChI is InChI=1S/C19H12Cl2N2O2/c20-14-5-1-3-11(7-14)13-8-15(19(24)25)18(23-10-13)17-12(9-22)4-2-6-16(17)21/h1-8,23H,10H2,(H,24,25). The fourth-order valence-electron chi connectivity index (χ4n) is 2.71. The lowest BCUT2D eigenvalue weighted by molar-refractivity contribution is -0.132. The summed E-state index contributed by atoms with van der Waals surface area (Å²) in [6, 6.07) is 14.1. The van der Waals surface area contributed by atoms with Crippen LogP contribution in [-0.4, -0.2) is 17.6 Å². The van der Waals surface area contributed by atoms with Crippen LogP contribution in [0.25, 0.3) is 11.3 Å². The Morgan fingerprint density at radius 1 is 1.20 bits per heavy atom. The van der Waals surface area contributed by atoms with Gasteiger partial charge in [-0.05, 0) is 41.5 Å². The number of halogens is 2. The van der Waals surface area contributed by atoms with Crippen LogP contribution in [-0.2, 0) is 4.79 Å². The van der Waals surface area contributed by atoms with E-state index in [2.05, 4.69) is 11.4 Å². The molecule has 2 aromatic rings. The topological polar surface area (TPSA) is 73.1 Å². The molecule has 6 heteroatoms. The number of aliphatic carboxylic acids is 1. The molecule has 0 atom stereocenters. The van der Waals surface area contributed by atoms with Gasteiger partial charge in [-0.15, -0.1) is 0 Å². The average Bonchev–Trinajstić information content (AvgIpc) is 2.61. The number of hydrogen-bond acceptors (Lipinski definition) is 3. The quantitative estimate of drug-likeness (QED) is 0.842. The lowest BCUT2D eigenvalue weighted by Gasteiger charge is -2.22. The highest BCUT2D eigenvalue weighted by Gasteiger charge is 2.23. The number of hydrogen-bond donors (Lipinski definition) is 2. The Bertz CT molecular complexity index is 972. The molecule has 0 aromatic heterocycles. The SMILES string of the molecule is N#Cc1cccc(Cl)c1C1=C(C(=O)O)C=C(c2cccc(Cl)c2)CN1. The number of nitrogens with zero attached hydrogens (tertiary/aromatic N) is 1. The van der Waals surface area contributed by atoms with Gasteiger partial charge in [0.05, 0.1) is 27.9 Å². The van der Waals surface area contributed by atoms with Gasteiger partial charge in [-0.2, -0.15) is 5.26 Å². The first kappa shape index (κ1) is 17.1. The second-order valence-corrected chi connectivity index (χ2v) is 6.25. The molecule has 0 aliphatic carbocycles. The Morgan fingerprint density at radius 3 is 2.64 bits per heavy atom. The monoisotopic (exact) mass is 370 g/mol. The number of carboxylic acids is 1. The number of carboxylic acid groups (broad SMARTS) is 1. The van der Waals surface area contributed by atoms with Crippen LogP contribution < -0.4 is 5.32 Å². The van der Waals surface area contributed by atoms with Crippen molar-refractivity contribution >= 4 is 40.4 Å². The molecule has 0 saturated carbocycles. The van der Waals surface area contributed by atoms with Gasteiger partial charge in [-0.25, -0.2) is 4.79 Å². The third kappa shape index (κ3) is 3.39. The van der Waals surface area contributed by atoms with Crippen molar-refractivity contribution in [1.29, 1.82) is 5.26 Å². The molecule has 2 N–H and O–H groups in total. The van der Waals surface area contributed by atoms with E-state index in [0.29, 0.717) is 33.4 Å². The molecule has 1 aliphatic heterocycles. The molecule has 4 nitrogen and oxygen atoms in total. The lowest BCUT2D eigenvalue weighted by Crippen LogP contribution is -2.24. The fourth-order valence-corrected chi connectivity index (χ4v) is 3.17. The van der Waals surface area contributed by atoms with Gasteiger partial charge in [-0.1, -0.05) is 41.4 Å². The second-order valence-electron chi connectivity index (χ2n) is 5.40. The van der Waals surface area contributed by atoms with E-state index in [0.717, 1.165) is 11.1 Å². The average molecular weight is 371 g/mol. The van der Waals surface area contributed by atoms with E-state index in [1.54, 1.807) is 42.5 Å². The lowest BCUT2D eigenvalue weighted by atomic mass is 9.94. The minimum atomic E-state index is -1.11. The van der Waals surface area contributed by atoms with E-state index in [-0.39, 0.29) is 5.57 Å². The summed E-state index contributed by atoms with van der Waals surface area (Å²) in [6.45, 7) is 0.391. The molecule has 2 aromatic carbocycles. The molecule has 0 radical (unpaired) electrons. The van der Waals surface area contributed by atoms with Crippen molar-refractivity contribution in [1.82, 2.24) is 5.32 Å². The number of benzene rings is 2. The van der Waals surface area contributed by atoms with Gasteiger partial charge in [-0.3, -0.25) is 0 Å². The molecule has 25 heavy (non-hydrogen) atoms. The number of dihydropyridines is 1. The van der Waals surface area contributed by atoms with Crippen molar-refractivity contribution in [2.45, 2.75) is 0 Å². The van der Waals surface area contributed by atoms with E-state index in [1.165, 1.54) is 0 Å². The summed E-state index contributed by atoms with van der Waals surface area (Å²) in [5.41, 5.74) is 2.71. The molecule has 0 bridgehead atoms. The van der Waals surface area contributed by atoms with Gasteiger partial charge >= 0.3 is 5.97 Å². The third-order valence-electron chi connectivity index (χ3n) is 3.85.